The summed E-state index contributed by atoms with van der Waals surface area (Å²) in [5.41, 5.74) is 0.506. The Kier molecular flexibility index (Phi) is 2.50. The molecule has 2 atom stereocenters. The van der Waals surface area contributed by atoms with Crippen LogP contribution in [0.4, 0.5) is 0 Å². The number of hydrogen-bond donors (Lipinski definition) is 0. The lowest BCUT2D eigenvalue weighted by Crippen LogP contribution is -2.41. The van der Waals surface area contributed by atoms with E-state index in [4.69, 9.17) is 7.80 Å². The summed E-state index contributed by atoms with van der Waals surface area (Å²) in [6.07, 6.45) is 4.51. The highest BCUT2D eigenvalue weighted by atomic mass is 127. The number of rotatable bonds is 4. The molecule has 1 saturated carbocycles. The van der Waals surface area contributed by atoms with E-state index in [1.807, 2.05) is 23.0 Å². The molecule has 2 aliphatic heterocycles. The van der Waals surface area contributed by atoms with E-state index in [0.29, 0.717) is 17.6 Å². The largest absolute Gasteiger partial charge is 0.375 e. The van der Waals surface area contributed by atoms with Crippen molar-refractivity contribution in [3.63, 3.8) is 0 Å². The average Bonchev–Trinajstić information content (AvgIpc) is 2.63. The molecule has 3 fully saturated rings. The maximum atomic E-state index is 5.60. The van der Waals surface area contributed by atoms with Crippen LogP contribution in [-0.4, -0.2) is 43.3 Å². The SMILES string of the molecule is IOCC1(CN2C[C@H]3C[C@@H]2CO3)CC1. The summed E-state index contributed by atoms with van der Waals surface area (Å²) in [5, 5.41) is 0. The molecule has 0 aromatic carbocycles. The zero-order chi connectivity index (χ0) is 9.60. The van der Waals surface area contributed by atoms with Crippen LogP contribution >= 0.6 is 23.0 Å². The van der Waals surface area contributed by atoms with Crippen LogP contribution in [-0.2, 0) is 7.80 Å². The average molecular weight is 309 g/mol. The minimum atomic E-state index is 0.506. The van der Waals surface area contributed by atoms with Crippen molar-refractivity contribution in [2.45, 2.75) is 31.4 Å². The van der Waals surface area contributed by atoms with Crippen LogP contribution in [0.15, 0.2) is 0 Å². The van der Waals surface area contributed by atoms with Gasteiger partial charge in [-0.25, -0.2) is 0 Å². The molecule has 0 radical (unpaired) electrons. The van der Waals surface area contributed by atoms with Crippen LogP contribution in [0.2, 0.25) is 0 Å². The molecule has 0 amide bonds. The number of fused-ring (bicyclic) bond motifs is 2. The summed E-state index contributed by atoms with van der Waals surface area (Å²) < 4.78 is 10.9. The second kappa shape index (κ2) is 3.57. The summed E-state index contributed by atoms with van der Waals surface area (Å²) in [6, 6.07) is 0.715. The normalized spacial score (nSPS) is 39.2. The van der Waals surface area contributed by atoms with Crippen molar-refractivity contribution < 1.29 is 7.80 Å². The van der Waals surface area contributed by atoms with Crippen molar-refractivity contribution in [2.24, 2.45) is 5.41 Å². The van der Waals surface area contributed by atoms with Gasteiger partial charge >= 0.3 is 0 Å². The number of likely N-dealkylation sites (tertiary alicyclic amines) is 1. The molecule has 0 N–H and O–H groups in total. The second-order valence-corrected chi connectivity index (χ2v) is 5.65. The molecule has 3 nitrogen and oxygen atoms in total. The highest BCUT2D eigenvalue weighted by molar-refractivity contribution is 14.1. The van der Waals surface area contributed by atoms with Crippen LogP contribution in [0.5, 0.6) is 0 Å². The highest BCUT2D eigenvalue weighted by Gasteiger charge is 2.48. The number of ether oxygens (including phenoxy) is 1. The molecule has 14 heavy (non-hydrogen) atoms. The van der Waals surface area contributed by atoms with Gasteiger partial charge in [0, 0.05) is 24.5 Å². The van der Waals surface area contributed by atoms with Crippen LogP contribution in [0, 0.1) is 5.41 Å². The summed E-state index contributed by atoms with van der Waals surface area (Å²) >= 11 is 2.02. The van der Waals surface area contributed by atoms with Crippen molar-refractivity contribution in [3.05, 3.63) is 0 Å². The lowest BCUT2D eigenvalue weighted by atomic mass is 10.1. The van der Waals surface area contributed by atoms with Crippen molar-refractivity contribution >= 4 is 23.0 Å². The maximum Gasteiger partial charge on any atom is 0.109 e. The lowest BCUT2D eigenvalue weighted by Gasteiger charge is -2.30. The zero-order valence-electron chi connectivity index (χ0n) is 8.25. The Labute approximate surface area is 98.8 Å². The highest BCUT2D eigenvalue weighted by Crippen LogP contribution is 2.48. The van der Waals surface area contributed by atoms with Gasteiger partial charge in [0.25, 0.3) is 0 Å². The quantitative estimate of drug-likeness (QED) is 0.737. The van der Waals surface area contributed by atoms with E-state index < -0.39 is 0 Å². The van der Waals surface area contributed by atoms with Crippen molar-refractivity contribution in [1.29, 1.82) is 0 Å². The number of morpholine rings is 1. The summed E-state index contributed by atoms with van der Waals surface area (Å²) in [5.74, 6) is 0. The fraction of sp³-hybridized carbons (Fsp3) is 1.00. The molecule has 3 rings (SSSR count). The molecule has 0 spiro atoms. The van der Waals surface area contributed by atoms with Crippen LogP contribution < -0.4 is 0 Å². The van der Waals surface area contributed by atoms with E-state index in [9.17, 15) is 0 Å². The third-order valence-electron chi connectivity index (χ3n) is 3.87. The first-order chi connectivity index (χ1) is 6.81. The van der Waals surface area contributed by atoms with Gasteiger partial charge in [0.1, 0.15) is 23.0 Å². The Morgan fingerprint density at radius 1 is 1.50 bits per heavy atom. The lowest BCUT2D eigenvalue weighted by molar-refractivity contribution is 0.0195. The zero-order valence-corrected chi connectivity index (χ0v) is 10.4. The number of halogens is 1. The van der Waals surface area contributed by atoms with E-state index in [-0.39, 0.29) is 0 Å². The van der Waals surface area contributed by atoms with Gasteiger partial charge in [0.15, 0.2) is 0 Å². The summed E-state index contributed by atoms with van der Waals surface area (Å²) in [6.45, 7) is 4.29. The molecule has 0 unspecified atom stereocenters. The van der Waals surface area contributed by atoms with Gasteiger partial charge in [-0.2, -0.15) is 0 Å². The Morgan fingerprint density at radius 3 is 2.86 bits per heavy atom. The molecule has 80 valence electrons. The molecular weight excluding hydrogens is 293 g/mol. The Balaban J connectivity index is 1.58. The molecule has 0 aromatic heterocycles. The molecule has 0 aromatic rings. The van der Waals surface area contributed by atoms with E-state index >= 15 is 0 Å². The second-order valence-electron chi connectivity index (χ2n) is 5.03. The van der Waals surface area contributed by atoms with Crippen LogP contribution in [0.1, 0.15) is 19.3 Å². The van der Waals surface area contributed by atoms with Crippen molar-refractivity contribution in [2.75, 3.05) is 26.3 Å². The van der Waals surface area contributed by atoms with Crippen molar-refractivity contribution in [1.82, 2.24) is 4.90 Å². The number of nitrogens with zero attached hydrogens (tertiary/aromatic N) is 1. The van der Waals surface area contributed by atoms with E-state index in [1.54, 1.807) is 0 Å². The number of hydrogen-bond acceptors (Lipinski definition) is 3. The molecular formula is C10H16INO2. The van der Waals surface area contributed by atoms with Crippen LogP contribution in [0.25, 0.3) is 0 Å². The summed E-state index contributed by atoms with van der Waals surface area (Å²) in [4.78, 5) is 2.62. The maximum absolute atomic E-state index is 5.60. The predicted octanol–water partition coefficient (Wildman–Crippen LogP) is 1.61. The van der Waals surface area contributed by atoms with Gasteiger partial charge in [-0.15, -0.1) is 0 Å². The van der Waals surface area contributed by atoms with Gasteiger partial charge in [-0.1, -0.05) is 0 Å². The monoisotopic (exact) mass is 309 g/mol. The van der Waals surface area contributed by atoms with Gasteiger partial charge in [-0.3, -0.25) is 4.90 Å². The van der Waals surface area contributed by atoms with Crippen LogP contribution in [0.3, 0.4) is 0 Å². The minimum Gasteiger partial charge on any atom is -0.375 e. The fourth-order valence-electron chi connectivity index (χ4n) is 2.74. The minimum absolute atomic E-state index is 0.506. The van der Waals surface area contributed by atoms with Crippen molar-refractivity contribution in [3.8, 4) is 0 Å². The van der Waals surface area contributed by atoms with Gasteiger partial charge in [0.2, 0.25) is 0 Å². The molecule has 1 aliphatic carbocycles. The Morgan fingerprint density at radius 2 is 2.36 bits per heavy atom. The Bertz CT molecular complexity index is 232. The molecule has 4 heteroatoms. The van der Waals surface area contributed by atoms with E-state index in [0.717, 1.165) is 19.8 Å². The molecule has 3 aliphatic rings. The molecule has 2 bridgehead atoms. The topological polar surface area (TPSA) is 21.7 Å². The summed E-state index contributed by atoms with van der Waals surface area (Å²) in [7, 11) is 0. The Hall–Kier alpha value is 0.610. The van der Waals surface area contributed by atoms with Gasteiger partial charge < -0.3 is 7.80 Å². The van der Waals surface area contributed by atoms with Gasteiger partial charge in [-0.05, 0) is 19.3 Å². The first kappa shape index (κ1) is 9.81. The smallest absolute Gasteiger partial charge is 0.109 e. The molecule has 2 saturated heterocycles. The fourth-order valence-corrected chi connectivity index (χ4v) is 3.40. The third kappa shape index (κ3) is 1.70. The standard InChI is InChI=1S/C10H16INO2/c11-14-7-10(1-2-10)6-12-4-9-3-8(12)5-13-9/h8-9H,1-7H2/t8-,9-/m1/s1. The van der Waals surface area contributed by atoms with Gasteiger partial charge in [0.05, 0.1) is 19.3 Å². The molecule has 2 heterocycles. The first-order valence-electron chi connectivity index (χ1n) is 5.41. The first-order valence-corrected chi connectivity index (χ1v) is 6.29. The third-order valence-corrected chi connectivity index (χ3v) is 4.18. The van der Waals surface area contributed by atoms with E-state index in [2.05, 4.69) is 4.90 Å². The van der Waals surface area contributed by atoms with E-state index in [1.165, 1.54) is 25.8 Å². The predicted molar refractivity (Wildman–Crippen MR) is 61.4 cm³/mol.